The Kier molecular flexibility index (Phi) is 4.55. The first-order valence-corrected chi connectivity index (χ1v) is 5.40. The molecule has 0 aromatic heterocycles. The molecule has 1 rings (SSSR count). The maximum Gasteiger partial charge on any atom is 0.239 e. The summed E-state index contributed by atoms with van der Waals surface area (Å²) in [5, 5.41) is 8.41. The summed E-state index contributed by atoms with van der Waals surface area (Å²) in [5.74, 6) is -0.220. The summed E-state index contributed by atoms with van der Waals surface area (Å²) >= 11 is 0. The second-order valence-electron chi connectivity index (χ2n) is 4.09. The zero-order valence-electron chi connectivity index (χ0n) is 9.30. The molecule has 0 aromatic rings. The van der Waals surface area contributed by atoms with Gasteiger partial charge in [-0.05, 0) is 33.2 Å². The second kappa shape index (κ2) is 5.70. The lowest BCUT2D eigenvalue weighted by Gasteiger charge is -2.12. The smallest absolute Gasteiger partial charge is 0.239 e. The van der Waals surface area contributed by atoms with E-state index in [4.69, 9.17) is 0 Å². The number of carbonyl (C=O) groups is 2. The van der Waals surface area contributed by atoms with Crippen LogP contribution in [0.4, 0.5) is 0 Å². The molecule has 2 amide bonds. The first-order chi connectivity index (χ1) is 7.09. The van der Waals surface area contributed by atoms with E-state index in [0.29, 0.717) is 0 Å². The van der Waals surface area contributed by atoms with Gasteiger partial charge in [0, 0.05) is 6.04 Å². The van der Waals surface area contributed by atoms with E-state index in [9.17, 15) is 9.59 Å². The molecule has 0 aliphatic carbocycles. The zero-order chi connectivity index (χ0) is 11.3. The van der Waals surface area contributed by atoms with Crippen LogP contribution in [-0.4, -0.2) is 37.0 Å². The number of hydrogen-bond donors (Lipinski definition) is 3. The van der Waals surface area contributed by atoms with Gasteiger partial charge in [0.1, 0.15) is 0 Å². The van der Waals surface area contributed by atoms with Crippen molar-refractivity contribution < 1.29 is 9.59 Å². The zero-order valence-corrected chi connectivity index (χ0v) is 9.30. The van der Waals surface area contributed by atoms with E-state index < -0.39 is 0 Å². The largest absolute Gasteiger partial charge is 0.352 e. The van der Waals surface area contributed by atoms with Gasteiger partial charge >= 0.3 is 0 Å². The van der Waals surface area contributed by atoms with E-state index in [1.54, 1.807) is 0 Å². The van der Waals surface area contributed by atoms with Crippen LogP contribution < -0.4 is 16.0 Å². The highest BCUT2D eigenvalue weighted by Gasteiger charge is 2.21. The summed E-state index contributed by atoms with van der Waals surface area (Å²) in [6.07, 6.45) is 1.88. The van der Waals surface area contributed by atoms with Crippen LogP contribution in [0.15, 0.2) is 0 Å². The molecule has 0 unspecified atom stereocenters. The van der Waals surface area contributed by atoms with Gasteiger partial charge < -0.3 is 16.0 Å². The lowest BCUT2D eigenvalue weighted by atomic mass is 10.2. The number of hydrogen-bond acceptors (Lipinski definition) is 3. The fraction of sp³-hybridized carbons (Fsp3) is 0.800. The highest BCUT2D eigenvalue weighted by atomic mass is 16.2. The van der Waals surface area contributed by atoms with Gasteiger partial charge in [0.25, 0.3) is 0 Å². The minimum absolute atomic E-state index is 0.0647. The van der Waals surface area contributed by atoms with Gasteiger partial charge in [-0.25, -0.2) is 0 Å². The third-order valence-corrected chi connectivity index (χ3v) is 2.25. The van der Waals surface area contributed by atoms with Crippen LogP contribution in [0, 0.1) is 0 Å². The predicted octanol–water partition coefficient (Wildman–Crippen LogP) is -0.621. The first-order valence-electron chi connectivity index (χ1n) is 5.40. The van der Waals surface area contributed by atoms with Crippen molar-refractivity contribution in [1.29, 1.82) is 0 Å². The Balaban J connectivity index is 2.18. The van der Waals surface area contributed by atoms with E-state index in [-0.39, 0.29) is 30.4 Å². The van der Waals surface area contributed by atoms with Gasteiger partial charge in [-0.3, -0.25) is 9.59 Å². The van der Waals surface area contributed by atoms with E-state index in [0.717, 1.165) is 19.4 Å². The van der Waals surface area contributed by atoms with E-state index in [1.165, 1.54) is 0 Å². The molecule has 1 aliphatic heterocycles. The molecule has 1 atom stereocenters. The van der Waals surface area contributed by atoms with Crippen molar-refractivity contribution in [2.75, 3.05) is 13.1 Å². The number of amides is 2. The first kappa shape index (κ1) is 12.0. The molecule has 1 saturated heterocycles. The molecular formula is C10H19N3O2. The Bertz CT molecular complexity index is 235. The number of carbonyl (C=O) groups excluding carboxylic acids is 2. The molecular weight excluding hydrogens is 194 g/mol. The van der Waals surface area contributed by atoms with Crippen molar-refractivity contribution in [2.45, 2.75) is 38.8 Å². The molecule has 1 aliphatic rings. The number of nitrogens with one attached hydrogen (secondary N) is 3. The van der Waals surface area contributed by atoms with Gasteiger partial charge in [0.05, 0.1) is 12.6 Å². The molecule has 5 heteroatoms. The molecule has 0 aromatic carbocycles. The monoisotopic (exact) mass is 213 g/mol. The van der Waals surface area contributed by atoms with Crippen molar-refractivity contribution in [1.82, 2.24) is 16.0 Å². The van der Waals surface area contributed by atoms with Crippen LogP contribution in [0.3, 0.4) is 0 Å². The summed E-state index contributed by atoms with van der Waals surface area (Å²) in [5.41, 5.74) is 0. The second-order valence-corrected chi connectivity index (χ2v) is 4.09. The van der Waals surface area contributed by atoms with E-state index >= 15 is 0 Å². The molecule has 0 bridgehead atoms. The molecule has 0 saturated carbocycles. The van der Waals surface area contributed by atoms with Crippen molar-refractivity contribution in [3.8, 4) is 0 Å². The van der Waals surface area contributed by atoms with Crippen LogP contribution in [0.1, 0.15) is 26.7 Å². The maximum atomic E-state index is 11.5. The lowest BCUT2D eigenvalue weighted by Crippen LogP contribution is -2.45. The summed E-state index contributed by atoms with van der Waals surface area (Å²) in [6.45, 7) is 4.72. The van der Waals surface area contributed by atoms with E-state index in [1.807, 2.05) is 13.8 Å². The quantitative estimate of drug-likeness (QED) is 0.583. The van der Waals surface area contributed by atoms with Crippen molar-refractivity contribution >= 4 is 11.8 Å². The fourth-order valence-corrected chi connectivity index (χ4v) is 1.57. The predicted molar refractivity (Wildman–Crippen MR) is 57.3 cm³/mol. The highest BCUT2D eigenvalue weighted by molar-refractivity contribution is 5.87. The third kappa shape index (κ3) is 4.29. The maximum absolute atomic E-state index is 11.5. The van der Waals surface area contributed by atoms with Crippen molar-refractivity contribution in [3.05, 3.63) is 0 Å². The van der Waals surface area contributed by atoms with Gasteiger partial charge in [-0.15, -0.1) is 0 Å². The molecule has 5 nitrogen and oxygen atoms in total. The highest BCUT2D eigenvalue weighted by Crippen LogP contribution is 2.03. The Morgan fingerprint density at radius 1 is 1.47 bits per heavy atom. The van der Waals surface area contributed by atoms with E-state index in [2.05, 4.69) is 16.0 Å². The van der Waals surface area contributed by atoms with Crippen LogP contribution in [0.2, 0.25) is 0 Å². The SMILES string of the molecule is CC(C)NC(=O)CNC(=O)[C@@H]1CCCN1. The Morgan fingerprint density at radius 3 is 2.73 bits per heavy atom. The summed E-state index contributed by atoms with van der Waals surface area (Å²) in [6, 6.07) is -0.00384. The van der Waals surface area contributed by atoms with Crippen molar-refractivity contribution in [2.24, 2.45) is 0 Å². The van der Waals surface area contributed by atoms with Gasteiger partial charge in [-0.1, -0.05) is 0 Å². The summed E-state index contributed by atoms with van der Waals surface area (Å²) in [7, 11) is 0. The standard InChI is InChI=1S/C10H19N3O2/c1-7(2)13-9(14)6-12-10(15)8-4-3-5-11-8/h7-8,11H,3-6H2,1-2H3,(H,12,15)(H,13,14)/t8-/m0/s1. The third-order valence-electron chi connectivity index (χ3n) is 2.25. The molecule has 0 radical (unpaired) electrons. The Hall–Kier alpha value is -1.10. The van der Waals surface area contributed by atoms with Crippen molar-refractivity contribution in [3.63, 3.8) is 0 Å². The average Bonchev–Trinajstić information content (AvgIpc) is 2.65. The molecule has 1 fully saturated rings. The van der Waals surface area contributed by atoms with Crippen LogP contribution in [-0.2, 0) is 9.59 Å². The van der Waals surface area contributed by atoms with Crippen LogP contribution in [0.5, 0.6) is 0 Å². The summed E-state index contributed by atoms with van der Waals surface area (Å²) in [4.78, 5) is 22.7. The minimum atomic E-state index is -0.142. The summed E-state index contributed by atoms with van der Waals surface area (Å²) < 4.78 is 0. The van der Waals surface area contributed by atoms with Gasteiger partial charge in [0.2, 0.25) is 11.8 Å². The Morgan fingerprint density at radius 2 is 2.20 bits per heavy atom. The normalized spacial score (nSPS) is 20.3. The molecule has 1 heterocycles. The minimum Gasteiger partial charge on any atom is -0.352 e. The van der Waals surface area contributed by atoms with Crippen LogP contribution >= 0.6 is 0 Å². The van der Waals surface area contributed by atoms with Gasteiger partial charge in [0.15, 0.2) is 0 Å². The van der Waals surface area contributed by atoms with Crippen LogP contribution in [0.25, 0.3) is 0 Å². The molecule has 15 heavy (non-hydrogen) atoms. The molecule has 3 N–H and O–H groups in total. The van der Waals surface area contributed by atoms with Gasteiger partial charge in [-0.2, -0.15) is 0 Å². The molecule has 0 spiro atoms. The Labute approximate surface area is 90.0 Å². The topological polar surface area (TPSA) is 70.2 Å². The number of rotatable bonds is 4. The lowest BCUT2D eigenvalue weighted by molar-refractivity contribution is -0.127. The average molecular weight is 213 g/mol. The molecule has 86 valence electrons. The fourth-order valence-electron chi connectivity index (χ4n) is 1.57.